The third kappa shape index (κ3) is 5.45. The molecule has 0 amide bonds. The molecule has 0 aliphatic heterocycles. The lowest BCUT2D eigenvalue weighted by atomic mass is 10.1. The lowest BCUT2D eigenvalue weighted by Crippen LogP contribution is -2.40. The van der Waals surface area contributed by atoms with Gasteiger partial charge in [-0.3, -0.25) is 5.43 Å². The van der Waals surface area contributed by atoms with Crippen molar-refractivity contribution in [3.63, 3.8) is 0 Å². The van der Waals surface area contributed by atoms with Crippen LogP contribution in [-0.2, 0) is 6.54 Å². The number of hydrazine groups is 1. The van der Waals surface area contributed by atoms with E-state index in [2.05, 4.69) is 38.4 Å². The first kappa shape index (κ1) is 18.7. The molecule has 10 heteroatoms. The summed E-state index contributed by atoms with van der Waals surface area (Å²) in [5, 5.41) is 21.7. The van der Waals surface area contributed by atoms with Crippen molar-refractivity contribution < 1.29 is 13.7 Å². The monoisotopic (exact) mass is 460 g/mol. The Kier molecular flexibility index (Phi) is 6.33. The van der Waals surface area contributed by atoms with Crippen molar-refractivity contribution in [1.82, 2.24) is 10.9 Å². The second kappa shape index (κ2) is 8.46. The highest BCUT2D eigenvalue weighted by molar-refractivity contribution is 14.1. The van der Waals surface area contributed by atoms with Crippen molar-refractivity contribution in [1.29, 1.82) is 0 Å². The number of guanidine groups is 1. The molecule has 0 saturated carbocycles. The van der Waals surface area contributed by atoms with Gasteiger partial charge in [-0.2, -0.15) is 9.29 Å². The van der Waals surface area contributed by atoms with Gasteiger partial charge in [0.15, 0.2) is 5.83 Å². The van der Waals surface area contributed by atoms with E-state index < -0.39 is 22.3 Å². The highest BCUT2D eigenvalue weighted by atomic mass is 127. The van der Waals surface area contributed by atoms with Crippen LogP contribution in [0.4, 0.5) is 8.78 Å². The van der Waals surface area contributed by atoms with Gasteiger partial charge in [0.2, 0.25) is 5.96 Å². The molecule has 0 aromatic heterocycles. The van der Waals surface area contributed by atoms with E-state index in [1.54, 1.807) is 0 Å². The number of aliphatic imine (C=N–C) groups is 1. The smallest absolute Gasteiger partial charge is 0.267 e. The average Bonchev–Trinajstić information content (AvgIpc) is 2.53. The van der Waals surface area contributed by atoms with Crippen LogP contribution in [0.5, 0.6) is 0 Å². The molecule has 0 bridgehead atoms. The molecule has 0 atom stereocenters. The highest BCUT2D eigenvalue weighted by Crippen LogP contribution is 2.21. The summed E-state index contributed by atoms with van der Waals surface area (Å²) >= 11 is 2.19. The van der Waals surface area contributed by atoms with E-state index >= 15 is 0 Å². The van der Waals surface area contributed by atoms with Gasteiger partial charge in [-0.1, -0.05) is 12.1 Å². The summed E-state index contributed by atoms with van der Waals surface area (Å²) in [6, 6.07) is 7.66. The van der Waals surface area contributed by atoms with Crippen molar-refractivity contribution in [2.45, 2.75) is 6.54 Å². The Morgan fingerprint density at radius 1 is 1.24 bits per heavy atom. The fraction of sp³-hybridized carbons (Fsp3) is 0.0667. The number of nitrogens with one attached hydrogen (secondary N) is 2. The molecule has 0 radical (unpaired) electrons. The van der Waals surface area contributed by atoms with Crippen molar-refractivity contribution in [3.05, 3.63) is 79.4 Å². The number of nitrogens with two attached hydrogens (primary N) is 1. The number of nitrogens with zero attached hydrogens (tertiary/aromatic N) is 2. The Morgan fingerprint density at radius 2 is 1.92 bits per heavy atom. The molecule has 0 heterocycles. The van der Waals surface area contributed by atoms with Crippen LogP contribution < -0.4 is 16.6 Å². The molecular weight excluding hydrogens is 447 g/mol. The molecular formula is C15H13F2IN5O2-. The number of hydrogen-bond donors (Lipinski definition) is 3. The van der Waals surface area contributed by atoms with Crippen LogP contribution in [0.1, 0.15) is 5.56 Å². The van der Waals surface area contributed by atoms with Crippen molar-refractivity contribution in [2.75, 3.05) is 0 Å². The number of benzene rings is 1. The molecule has 0 saturated heterocycles. The Labute approximate surface area is 155 Å². The second-order valence-electron chi connectivity index (χ2n) is 4.82. The molecule has 7 nitrogen and oxygen atoms in total. The number of halogens is 3. The molecule has 0 fully saturated rings. The second-order valence-corrected chi connectivity index (χ2v) is 6.07. The predicted molar refractivity (Wildman–Crippen MR) is 99.2 cm³/mol. The average molecular weight is 460 g/mol. The van der Waals surface area contributed by atoms with Crippen molar-refractivity contribution in [2.24, 2.45) is 10.7 Å². The van der Waals surface area contributed by atoms with E-state index in [0.29, 0.717) is 12.6 Å². The van der Waals surface area contributed by atoms with E-state index in [1.807, 2.05) is 24.3 Å². The summed E-state index contributed by atoms with van der Waals surface area (Å²) in [4.78, 5) is 3.13. The first-order valence-electron chi connectivity index (χ1n) is 6.89. The van der Waals surface area contributed by atoms with Crippen molar-refractivity contribution in [3.8, 4) is 0 Å². The fourth-order valence-corrected chi connectivity index (χ4v) is 2.24. The molecule has 2 rings (SSSR count). The summed E-state index contributed by atoms with van der Waals surface area (Å²) in [5.41, 5.74) is 10.4. The first-order chi connectivity index (χ1) is 11.9. The van der Waals surface area contributed by atoms with Crippen LogP contribution in [-0.4, -0.2) is 16.6 Å². The third-order valence-corrected chi connectivity index (χ3v) is 3.73. The number of allylic oxidation sites excluding steroid dienone is 5. The predicted octanol–water partition coefficient (Wildman–Crippen LogP) is 2.25. The maximum atomic E-state index is 13.5. The maximum Gasteiger partial charge on any atom is 0.267 e. The lowest BCUT2D eigenvalue weighted by molar-refractivity contribution is -0.378. The van der Waals surface area contributed by atoms with Crippen LogP contribution in [0, 0.1) is 14.0 Å². The zero-order chi connectivity index (χ0) is 18.4. The minimum Gasteiger partial charge on any atom is -0.612 e. The minimum absolute atomic E-state index is 0.00864. The van der Waals surface area contributed by atoms with E-state index in [4.69, 9.17) is 5.73 Å². The zero-order valence-electron chi connectivity index (χ0n) is 12.7. The van der Waals surface area contributed by atoms with Gasteiger partial charge in [-0.25, -0.2) is 9.38 Å². The summed E-state index contributed by atoms with van der Waals surface area (Å²) in [6.45, 7) is 0.326. The Bertz CT molecular complexity index is 797. The molecule has 0 spiro atoms. The molecule has 1 aromatic carbocycles. The summed E-state index contributed by atoms with van der Waals surface area (Å²) < 4.78 is 27.8. The Morgan fingerprint density at radius 3 is 2.56 bits per heavy atom. The first-order valence-corrected chi connectivity index (χ1v) is 7.97. The standard InChI is InChI=1S/C15H13F2IN5O2/c16-11-5-10(14(23(24)25)13(17)6-11)8-21-22-15(19)20-7-9-1-3-12(18)4-2-9/h1-6,8,21H,7H2,(H3-,19,20,22,24,25)/q-1. The van der Waals surface area contributed by atoms with Crippen LogP contribution in [0.15, 0.2) is 64.8 Å². The molecule has 1 aliphatic rings. The van der Waals surface area contributed by atoms with E-state index in [1.165, 1.54) is 0 Å². The normalized spacial score (nSPS) is 16.4. The number of rotatable bonds is 4. The molecule has 1 aliphatic carbocycles. The molecule has 25 heavy (non-hydrogen) atoms. The molecule has 132 valence electrons. The summed E-state index contributed by atoms with van der Waals surface area (Å²) in [5.74, 6) is -2.19. The van der Waals surface area contributed by atoms with Crippen LogP contribution in [0.3, 0.4) is 0 Å². The van der Waals surface area contributed by atoms with Gasteiger partial charge in [-0.05, 0) is 46.4 Å². The van der Waals surface area contributed by atoms with Gasteiger partial charge in [0.05, 0.1) is 12.1 Å². The van der Waals surface area contributed by atoms with Crippen LogP contribution in [0.25, 0.3) is 0 Å². The Hall–Kier alpha value is -2.63. The van der Waals surface area contributed by atoms with Gasteiger partial charge in [0.25, 0.3) is 5.71 Å². The van der Waals surface area contributed by atoms with Gasteiger partial charge in [0.1, 0.15) is 5.83 Å². The minimum atomic E-state index is -1.27. The largest absolute Gasteiger partial charge is 0.612 e. The maximum absolute atomic E-state index is 13.5. The molecule has 0 unspecified atom stereocenters. The van der Waals surface area contributed by atoms with Crippen molar-refractivity contribution >= 4 is 34.3 Å². The number of hydrogen-bond acceptors (Lipinski definition) is 4. The summed E-state index contributed by atoms with van der Waals surface area (Å²) in [7, 11) is 0. The van der Waals surface area contributed by atoms with E-state index in [0.717, 1.165) is 21.4 Å². The van der Waals surface area contributed by atoms with Gasteiger partial charge < -0.3 is 21.6 Å². The van der Waals surface area contributed by atoms with E-state index in [9.17, 15) is 19.2 Å². The quantitative estimate of drug-likeness (QED) is 0.210. The molecule has 1 aromatic rings. The third-order valence-electron chi connectivity index (χ3n) is 3.01. The van der Waals surface area contributed by atoms with E-state index in [-0.39, 0.29) is 11.5 Å². The van der Waals surface area contributed by atoms with Gasteiger partial charge >= 0.3 is 0 Å². The van der Waals surface area contributed by atoms with Crippen LogP contribution in [0.2, 0.25) is 0 Å². The van der Waals surface area contributed by atoms with Gasteiger partial charge in [-0.15, -0.1) is 0 Å². The lowest BCUT2D eigenvalue weighted by Gasteiger charge is -2.14. The highest BCUT2D eigenvalue weighted by Gasteiger charge is 2.23. The molecule has 4 N–H and O–H groups in total. The fourth-order valence-electron chi connectivity index (χ4n) is 1.88. The SMILES string of the molecule is NC(=NCc1ccc(I)cc1)NNC=C1C=C(F)C=C(F)C1=[N+]([O-])[O-]. The topological polar surface area (TPSA) is 112 Å². The Balaban J connectivity index is 1.99. The zero-order valence-corrected chi connectivity index (χ0v) is 14.8. The van der Waals surface area contributed by atoms with Gasteiger partial charge in [0, 0.05) is 15.8 Å². The van der Waals surface area contributed by atoms with Crippen LogP contribution >= 0.6 is 22.6 Å². The summed E-state index contributed by atoms with van der Waals surface area (Å²) in [6.07, 6.45) is 2.30.